The zero-order chi connectivity index (χ0) is 23.0. The van der Waals surface area contributed by atoms with Crippen LogP contribution in [0, 0.1) is 0 Å². The molecule has 0 aliphatic heterocycles. The number of phenols is 1. The Morgan fingerprint density at radius 1 is 0.697 bits per heavy atom. The highest BCUT2D eigenvalue weighted by atomic mass is 16.5. The summed E-state index contributed by atoms with van der Waals surface area (Å²) in [6, 6.07) is 29.9. The van der Waals surface area contributed by atoms with Crippen LogP contribution >= 0.6 is 0 Å². The van der Waals surface area contributed by atoms with Crippen molar-refractivity contribution in [1.29, 1.82) is 0 Å². The Morgan fingerprint density at radius 3 is 2.00 bits per heavy atom. The zero-order valence-corrected chi connectivity index (χ0v) is 17.8. The summed E-state index contributed by atoms with van der Waals surface area (Å²) in [4.78, 5) is 25.1. The number of phenolic OH excluding ortho intramolecular Hbond substituents is 1. The molecule has 0 atom stereocenters. The van der Waals surface area contributed by atoms with Crippen LogP contribution < -0.4 is 4.74 Å². The molecule has 0 heterocycles. The molecule has 33 heavy (non-hydrogen) atoms. The van der Waals surface area contributed by atoms with Gasteiger partial charge in [0.25, 0.3) is 0 Å². The minimum Gasteiger partial charge on any atom is -0.508 e. The van der Waals surface area contributed by atoms with Gasteiger partial charge in [0, 0.05) is 0 Å². The SMILES string of the molecule is O=C(OCc1ccccc1)c1ccc(OC(=O)c2ccc(O)cc2Cc2ccccc2)cc1. The van der Waals surface area contributed by atoms with Gasteiger partial charge in [-0.15, -0.1) is 0 Å². The van der Waals surface area contributed by atoms with Crippen LogP contribution in [0.25, 0.3) is 0 Å². The fraction of sp³-hybridized carbons (Fsp3) is 0.0714. The van der Waals surface area contributed by atoms with Crippen molar-refractivity contribution in [3.63, 3.8) is 0 Å². The van der Waals surface area contributed by atoms with Gasteiger partial charge in [-0.25, -0.2) is 9.59 Å². The predicted octanol–water partition coefficient (Wildman–Crippen LogP) is 5.56. The molecular weight excluding hydrogens is 416 g/mol. The van der Waals surface area contributed by atoms with E-state index in [-0.39, 0.29) is 12.4 Å². The lowest BCUT2D eigenvalue weighted by atomic mass is 9.99. The number of aromatic hydroxyl groups is 1. The number of ether oxygens (including phenoxy) is 2. The van der Waals surface area contributed by atoms with Crippen LogP contribution in [0.4, 0.5) is 0 Å². The number of esters is 2. The van der Waals surface area contributed by atoms with Crippen molar-refractivity contribution in [3.05, 3.63) is 131 Å². The van der Waals surface area contributed by atoms with Gasteiger partial charge in [-0.1, -0.05) is 60.7 Å². The van der Waals surface area contributed by atoms with E-state index in [4.69, 9.17) is 9.47 Å². The first-order valence-electron chi connectivity index (χ1n) is 10.5. The summed E-state index contributed by atoms with van der Waals surface area (Å²) in [5.41, 5.74) is 3.29. The van der Waals surface area contributed by atoms with Gasteiger partial charge in [-0.3, -0.25) is 0 Å². The summed E-state index contributed by atoms with van der Waals surface area (Å²) >= 11 is 0. The van der Waals surface area contributed by atoms with Crippen molar-refractivity contribution in [2.45, 2.75) is 13.0 Å². The van der Waals surface area contributed by atoms with Crippen molar-refractivity contribution in [2.75, 3.05) is 0 Å². The van der Waals surface area contributed by atoms with E-state index < -0.39 is 11.9 Å². The molecule has 164 valence electrons. The largest absolute Gasteiger partial charge is 0.508 e. The van der Waals surface area contributed by atoms with E-state index in [1.807, 2.05) is 60.7 Å². The van der Waals surface area contributed by atoms with E-state index in [2.05, 4.69) is 0 Å². The molecule has 5 nitrogen and oxygen atoms in total. The first kappa shape index (κ1) is 21.8. The molecule has 0 saturated heterocycles. The fourth-order valence-electron chi connectivity index (χ4n) is 3.37. The van der Waals surface area contributed by atoms with Gasteiger partial charge in [0.05, 0.1) is 11.1 Å². The summed E-state index contributed by atoms with van der Waals surface area (Å²) in [7, 11) is 0. The Hall–Kier alpha value is -4.38. The third-order valence-corrected chi connectivity index (χ3v) is 5.06. The van der Waals surface area contributed by atoms with Gasteiger partial charge in [-0.2, -0.15) is 0 Å². The molecule has 0 amide bonds. The first-order chi connectivity index (χ1) is 16.1. The molecule has 0 radical (unpaired) electrons. The minimum absolute atomic E-state index is 0.0795. The van der Waals surface area contributed by atoms with Crippen LogP contribution in [0.3, 0.4) is 0 Å². The van der Waals surface area contributed by atoms with Crippen LogP contribution in [-0.4, -0.2) is 17.0 Å². The summed E-state index contributed by atoms with van der Waals surface area (Å²) in [6.07, 6.45) is 0.478. The number of hydrogen-bond donors (Lipinski definition) is 1. The Balaban J connectivity index is 1.42. The molecule has 4 aromatic rings. The van der Waals surface area contributed by atoms with Gasteiger partial charge in [0.2, 0.25) is 0 Å². The number of benzene rings is 4. The van der Waals surface area contributed by atoms with Crippen LogP contribution in [0.2, 0.25) is 0 Å². The molecule has 1 N–H and O–H groups in total. The molecular formula is C28H22O5. The van der Waals surface area contributed by atoms with Crippen molar-refractivity contribution < 1.29 is 24.2 Å². The van der Waals surface area contributed by atoms with Crippen LogP contribution in [-0.2, 0) is 17.8 Å². The van der Waals surface area contributed by atoms with E-state index in [1.54, 1.807) is 36.4 Å². The molecule has 0 spiro atoms. The molecule has 4 rings (SSSR count). The van der Waals surface area contributed by atoms with Crippen LogP contribution in [0.15, 0.2) is 103 Å². The maximum Gasteiger partial charge on any atom is 0.343 e. The molecule has 0 unspecified atom stereocenters. The van der Waals surface area contributed by atoms with E-state index in [1.165, 1.54) is 6.07 Å². The average Bonchev–Trinajstić information content (AvgIpc) is 2.84. The average molecular weight is 438 g/mol. The van der Waals surface area contributed by atoms with E-state index in [9.17, 15) is 14.7 Å². The quantitative estimate of drug-likeness (QED) is 0.302. The Bertz CT molecular complexity index is 1230. The monoisotopic (exact) mass is 438 g/mol. The zero-order valence-electron chi connectivity index (χ0n) is 17.8. The maximum absolute atomic E-state index is 12.8. The molecule has 4 aromatic carbocycles. The lowest BCUT2D eigenvalue weighted by Gasteiger charge is -2.11. The van der Waals surface area contributed by atoms with Crippen molar-refractivity contribution in [2.24, 2.45) is 0 Å². The lowest BCUT2D eigenvalue weighted by molar-refractivity contribution is 0.0472. The summed E-state index contributed by atoms with van der Waals surface area (Å²) < 4.78 is 10.8. The van der Waals surface area contributed by atoms with Gasteiger partial charge in [-0.05, 0) is 65.6 Å². The second-order valence-electron chi connectivity index (χ2n) is 7.48. The smallest absolute Gasteiger partial charge is 0.343 e. The van der Waals surface area contributed by atoms with E-state index in [0.29, 0.717) is 28.9 Å². The lowest BCUT2D eigenvalue weighted by Crippen LogP contribution is -2.12. The molecule has 5 heteroatoms. The molecule has 0 aliphatic rings. The highest BCUT2D eigenvalue weighted by Gasteiger charge is 2.16. The third kappa shape index (κ3) is 5.86. The minimum atomic E-state index is -0.541. The van der Waals surface area contributed by atoms with E-state index in [0.717, 1.165) is 11.1 Å². The van der Waals surface area contributed by atoms with Crippen LogP contribution in [0.1, 0.15) is 37.4 Å². The van der Waals surface area contributed by atoms with Gasteiger partial charge in [0.15, 0.2) is 0 Å². The normalized spacial score (nSPS) is 10.4. The summed E-state index contributed by atoms with van der Waals surface area (Å²) in [5.74, 6) is -0.616. The second kappa shape index (κ2) is 10.3. The van der Waals surface area contributed by atoms with Crippen LogP contribution in [0.5, 0.6) is 11.5 Å². The summed E-state index contributed by atoms with van der Waals surface area (Å²) in [5, 5.41) is 9.89. The number of carbonyl (C=O) groups is 2. The van der Waals surface area contributed by atoms with Gasteiger partial charge >= 0.3 is 11.9 Å². The molecule has 0 fully saturated rings. The Kier molecular flexibility index (Phi) is 6.81. The number of carbonyl (C=O) groups excluding carboxylic acids is 2. The standard InChI is InChI=1S/C28H22O5/c29-24-13-16-26(23(18-24)17-20-7-3-1-4-8-20)28(31)33-25-14-11-22(12-15-25)27(30)32-19-21-9-5-2-6-10-21/h1-16,18,29H,17,19H2. The highest BCUT2D eigenvalue weighted by Crippen LogP contribution is 2.22. The Labute approximate surface area is 191 Å². The summed E-state index contributed by atoms with van der Waals surface area (Å²) in [6.45, 7) is 0.182. The second-order valence-corrected chi connectivity index (χ2v) is 7.48. The van der Waals surface area contributed by atoms with E-state index >= 15 is 0 Å². The fourth-order valence-corrected chi connectivity index (χ4v) is 3.37. The molecule has 0 saturated carbocycles. The van der Waals surface area contributed by atoms with Gasteiger partial charge < -0.3 is 14.6 Å². The molecule has 0 bridgehead atoms. The third-order valence-electron chi connectivity index (χ3n) is 5.06. The predicted molar refractivity (Wildman–Crippen MR) is 124 cm³/mol. The Morgan fingerprint density at radius 2 is 1.33 bits per heavy atom. The van der Waals surface area contributed by atoms with Crippen molar-refractivity contribution in [3.8, 4) is 11.5 Å². The van der Waals surface area contributed by atoms with Crippen molar-refractivity contribution >= 4 is 11.9 Å². The van der Waals surface area contributed by atoms with Gasteiger partial charge in [0.1, 0.15) is 18.1 Å². The number of rotatable bonds is 7. The van der Waals surface area contributed by atoms with Crippen molar-refractivity contribution in [1.82, 2.24) is 0 Å². The maximum atomic E-state index is 12.8. The number of hydrogen-bond acceptors (Lipinski definition) is 5. The molecule has 0 aromatic heterocycles. The first-order valence-corrected chi connectivity index (χ1v) is 10.5. The highest BCUT2D eigenvalue weighted by molar-refractivity contribution is 5.93. The topological polar surface area (TPSA) is 72.8 Å². The molecule has 0 aliphatic carbocycles.